The van der Waals surface area contributed by atoms with Crippen LogP contribution in [0.5, 0.6) is 0 Å². The van der Waals surface area contributed by atoms with Gasteiger partial charge in [-0.25, -0.2) is 9.67 Å². The number of benzene rings is 1. The monoisotopic (exact) mass is 317 g/mol. The van der Waals surface area contributed by atoms with E-state index in [1.807, 2.05) is 44.2 Å². The van der Waals surface area contributed by atoms with Gasteiger partial charge in [-0.2, -0.15) is 10.1 Å². The number of rotatable bonds is 4. The standard InChI is InChI=1S/C16H19N5.ClH/c1-4-9-17-15-13-7-5-6-8-14(13)18-16(19-15)21-12(3)10-11(2)20-21;/h5-8,10H,4,9H2,1-3H3,(H,17,18,19);1H. The Morgan fingerprint density at radius 2 is 1.91 bits per heavy atom. The fourth-order valence-corrected chi connectivity index (χ4v) is 2.37. The van der Waals surface area contributed by atoms with Crippen LogP contribution in [0.4, 0.5) is 5.82 Å². The molecule has 5 nitrogen and oxygen atoms in total. The van der Waals surface area contributed by atoms with Crippen LogP contribution in [0.2, 0.25) is 0 Å². The second-order valence-electron chi connectivity index (χ2n) is 5.16. The molecule has 0 fully saturated rings. The number of fused-ring (bicyclic) bond motifs is 1. The molecule has 0 bridgehead atoms. The van der Waals surface area contributed by atoms with E-state index < -0.39 is 0 Å². The van der Waals surface area contributed by atoms with Crippen LogP contribution in [0.3, 0.4) is 0 Å². The summed E-state index contributed by atoms with van der Waals surface area (Å²) < 4.78 is 1.79. The van der Waals surface area contributed by atoms with E-state index in [4.69, 9.17) is 0 Å². The van der Waals surface area contributed by atoms with Crippen molar-refractivity contribution in [2.45, 2.75) is 27.2 Å². The van der Waals surface area contributed by atoms with Crippen molar-refractivity contribution in [2.24, 2.45) is 0 Å². The van der Waals surface area contributed by atoms with Crippen molar-refractivity contribution in [1.29, 1.82) is 0 Å². The maximum Gasteiger partial charge on any atom is 0.253 e. The number of aromatic nitrogens is 4. The molecule has 0 unspecified atom stereocenters. The Morgan fingerprint density at radius 1 is 1.14 bits per heavy atom. The lowest BCUT2D eigenvalue weighted by atomic mass is 10.2. The van der Waals surface area contributed by atoms with Crippen LogP contribution < -0.4 is 5.32 Å². The molecule has 1 N–H and O–H groups in total. The van der Waals surface area contributed by atoms with E-state index in [2.05, 4.69) is 27.3 Å². The van der Waals surface area contributed by atoms with E-state index in [0.29, 0.717) is 5.95 Å². The molecule has 116 valence electrons. The van der Waals surface area contributed by atoms with Crippen LogP contribution in [0.25, 0.3) is 16.9 Å². The summed E-state index contributed by atoms with van der Waals surface area (Å²) in [6.07, 6.45) is 1.05. The molecule has 2 heterocycles. The number of nitrogens with one attached hydrogen (secondary N) is 1. The third-order valence-corrected chi connectivity index (χ3v) is 3.33. The largest absolute Gasteiger partial charge is 0.369 e. The van der Waals surface area contributed by atoms with Crippen molar-refractivity contribution < 1.29 is 0 Å². The molecule has 6 heteroatoms. The van der Waals surface area contributed by atoms with Crippen molar-refractivity contribution in [3.05, 3.63) is 41.7 Å². The van der Waals surface area contributed by atoms with Crippen molar-refractivity contribution >= 4 is 29.1 Å². The number of hydrogen-bond acceptors (Lipinski definition) is 4. The van der Waals surface area contributed by atoms with Gasteiger partial charge < -0.3 is 5.32 Å². The number of para-hydroxylation sites is 1. The average Bonchev–Trinajstić information content (AvgIpc) is 2.83. The van der Waals surface area contributed by atoms with Gasteiger partial charge in [0.1, 0.15) is 5.82 Å². The molecule has 0 aliphatic rings. The second kappa shape index (κ2) is 6.75. The smallest absolute Gasteiger partial charge is 0.253 e. The predicted octanol–water partition coefficient (Wildman–Crippen LogP) is 3.68. The van der Waals surface area contributed by atoms with Gasteiger partial charge in [-0.15, -0.1) is 12.4 Å². The number of anilines is 1. The van der Waals surface area contributed by atoms with E-state index in [9.17, 15) is 0 Å². The van der Waals surface area contributed by atoms with Crippen LogP contribution >= 0.6 is 12.4 Å². The fraction of sp³-hybridized carbons (Fsp3) is 0.312. The number of aryl methyl sites for hydroxylation is 2. The number of hydrogen-bond donors (Lipinski definition) is 1. The van der Waals surface area contributed by atoms with Crippen LogP contribution in [0.15, 0.2) is 30.3 Å². The highest BCUT2D eigenvalue weighted by Crippen LogP contribution is 2.22. The Kier molecular flexibility index (Phi) is 4.98. The lowest BCUT2D eigenvalue weighted by Gasteiger charge is -2.10. The maximum absolute atomic E-state index is 4.66. The first-order valence-electron chi connectivity index (χ1n) is 7.23. The van der Waals surface area contributed by atoms with Crippen LogP contribution in [0.1, 0.15) is 24.7 Å². The van der Waals surface area contributed by atoms with Gasteiger partial charge in [0.2, 0.25) is 0 Å². The highest BCUT2D eigenvalue weighted by atomic mass is 35.5. The summed E-state index contributed by atoms with van der Waals surface area (Å²) in [5.41, 5.74) is 2.92. The number of nitrogens with zero attached hydrogens (tertiary/aromatic N) is 4. The molecule has 22 heavy (non-hydrogen) atoms. The minimum absolute atomic E-state index is 0. The van der Waals surface area contributed by atoms with E-state index >= 15 is 0 Å². The SMILES string of the molecule is CCCNc1nc(-n2nc(C)cc2C)nc2ccccc12.Cl. The van der Waals surface area contributed by atoms with Gasteiger partial charge in [0.25, 0.3) is 5.95 Å². The zero-order valence-corrected chi connectivity index (χ0v) is 13.8. The minimum Gasteiger partial charge on any atom is -0.369 e. The normalized spacial score (nSPS) is 10.5. The molecule has 3 aromatic rings. The zero-order chi connectivity index (χ0) is 14.8. The van der Waals surface area contributed by atoms with Crippen LogP contribution in [-0.4, -0.2) is 26.3 Å². The molecule has 0 amide bonds. The molecule has 0 atom stereocenters. The average molecular weight is 318 g/mol. The molecular weight excluding hydrogens is 298 g/mol. The molecule has 0 spiro atoms. The quantitative estimate of drug-likeness (QED) is 0.797. The Balaban J connectivity index is 0.00000176. The van der Waals surface area contributed by atoms with Crippen molar-refractivity contribution in [3.63, 3.8) is 0 Å². The Morgan fingerprint density at radius 3 is 2.59 bits per heavy atom. The molecule has 0 saturated heterocycles. The molecular formula is C16H20ClN5. The fourth-order valence-electron chi connectivity index (χ4n) is 2.37. The van der Waals surface area contributed by atoms with Gasteiger partial charge in [0.15, 0.2) is 0 Å². The zero-order valence-electron chi connectivity index (χ0n) is 13.0. The van der Waals surface area contributed by atoms with Gasteiger partial charge >= 0.3 is 0 Å². The van der Waals surface area contributed by atoms with Crippen LogP contribution in [0, 0.1) is 13.8 Å². The highest BCUT2D eigenvalue weighted by molar-refractivity contribution is 5.89. The first kappa shape index (κ1) is 16.2. The van der Waals surface area contributed by atoms with Gasteiger partial charge in [0, 0.05) is 17.6 Å². The third kappa shape index (κ3) is 3.04. The molecule has 0 aliphatic heterocycles. The van der Waals surface area contributed by atoms with Crippen molar-refractivity contribution in [1.82, 2.24) is 19.7 Å². The molecule has 3 rings (SSSR count). The van der Waals surface area contributed by atoms with E-state index in [0.717, 1.165) is 41.1 Å². The van der Waals surface area contributed by atoms with E-state index in [1.54, 1.807) is 4.68 Å². The summed E-state index contributed by atoms with van der Waals surface area (Å²) in [7, 11) is 0. The van der Waals surface area contributed by atoms with Gasteiger partial charge in [-0.3, -0.25) is 0 Å². The molecule has 0 aliphatic carbocycles. The van der Waals surface area contributed by atoms with Crippen molar-refractivity contribution in [3.8, 4) is 5.95 Å². The highest BCUT2D eigenvalue weighted by Gasteiger charge is 2.11. The van der Waals surface area contributed by atoms with Crippen molar-refractivity contribution in [2.75, 3.05) is 11.9 Å². The predicted molar refractivity (Wildman–Crippen MR) is 92.2 cm³/mol. The lowest BCUT2D eigenvalue weighted by molar-refractivity contribution is 0.779. The minimum atomic E-state index is 0. The molecule has 0 radical (unpaired) electrons. The Labute approximate surface area is 136 Å². The summed E-state index contributed by atoms with van der Waals surface area (Å²) >= 11 is 0. The van der Waals surface area contributed by atoms with Gasteiger partial charge in [-0.05, 0) is 38.5 Å². The third-order valence-electron chi connectivity index (χ3n) is 3.33. The summed E-state index contributed by atoms with van der Waals surface area (Å²) in [5, 5.41) is 8.89. The molecule has 1 aromatic carbocycles. The summed E-state index contributed by atoms with van der Waals surface area (Å²) in [6.45, 7) is 7.01. The summed E-state index contributed by atoms with van der Waals surface area (Å²) in [5.74, 6) is 1.47. The number of halogens is 1. The van der Waals surface area contributed by atoms with Gasteiger partial charge in [-0.1, -0.05) is 19.1 Å². The maximum atomic E-state index is 4.66. The van der Waals surface area contributed by atoms with E-state index in [-0.39, 0.29) is 12.4 Å². The first-order chi connectivity index (χ1) is 10.2. The lowest BCUT2D eigenvalue weighted by Crippen LogP contribution is -2.09. The topological polar surface area (TPSA) is 55.6 Å². The summed E-state index contributed by atoms with van der Waals surface area (Å²) in [6, 6.07) is 10.1. The van der Waals surface area contributed by atoms with Crippen LogP contribution in [-0.2, 0) is 0 Å². The Hall–Kier alpha value is -2.14. The molecule has 2 aromatic heterocycles. The first-order valence-corrected chi connectivity index (χ1v) is 7.23. The molecule has 0 saturated carbocycles. The second-order valence-corrected chi connectivity index (χ2v) is 5.16. The van der Waals surface area contributed by atoms with E-state index in [1.165, 1.54) is 0 Å². The summed E-state index contributed by atoms with van der Waals surface area (Å²) in [4.78, 5) is 9.30. The Bertz CT molecular complexity index is 781. The van der Waals surface area contributed by atoms with Gasteiger partial charge in [0.05, 0.1) is 11.2 Å².